The van der Waals surface area contributed by atoms with E-state index >= 15 is 0 Å². The summed E-state index contributed by atoms with van der Waals surface area (Å²) in [6.45, 7) is 1.89. The fourth-order valence-corrected chi connectivity index (χ4v) is 2.89. The lowest BCUT2D eigenvalue weighted by Gasteiger charge is -2.16. The number of hydrogen-bond donors (Lipinski definition) is 1. The van der Waals surface area contributed by atoms with Gasteiger partial charge in [-0.15, -0.1) is 0 Å². The molecule has 0 aliphatic heterocycles. The topological polar surface area (TPSA) is 75.3 Å². The van der Waals surface area contributed by atoms with Gasteiger partial charge in [-0.05, 0) is 42.8 Å². The Balaban J connectivity index is 2.15. The van der Waals surface area contributed by atoms with Crippen LogP contribution in [0.5, 0.6) is 28.7 Å². The standard InChI is InChI=1S/C22H27NO6/c1-14(16-8-10-17(25-2)19(13-16)27-4)23-20(24)12-9-15-7-11-18(26-3)22(29-6)21(15)28-5/h7-14H,1-6H3,(H,23,24)/b12-9+/t14-/m0/s1. The van der Waals surface area contributed by atoms with Crippen molar-refractivity contribution in [2.75, 3.05) is 35.5 Å². The van der Waals surface area contributed by atoms with E-state index in [0.29, 0.717) is 34.3 Å². The lowest BCUT2D eigenvalue weighted by Crippen LogP contribution is -2.24. The molecule has 0 radical (unpaired) electrons. The van der Waals surface area contributed by atoms with E-state index in [0.717, 1.165) is 5.56 Å². The summed E-state index contributed by atoms with van der Waals surface area (Å²) in [6, 6.07) is 8.85. The van der Waals surface area contributed by atoms with Gasteiger partial charge in [0, 0.05) is 11.6 Å². The molecule has 2 aromatic rings. The van der Waals surface area contributed by atoms with Gasteiger partial charge in [0.05, 0.1) is 41.6 Å². The van der Waals surface area contributed by atoms with E-state index in [1.165, 1.54) is 20.3 Å². The number of carbonyl (C=O) groups excluding carboxylic acids is 1. The second kappa shape index (κ2) is 10.3. The third kappa shape index (κ3) is 5.13. The zero-order chi connectivity index (χ0) is 21.4. The average Bonchev–Trinajstić information content (AvgIpc) is 2.75. The monoisotopic (exact) mass is 401 g/mol. The Labute approximate surface area is 171 Å². The maximum atomic E-state index is 12.4. The van der Waals surface area contributed by atoms with Gasteiger partial charge >= 0.3 is 0 Å². The fourth-order valence-electron chi connectivity index (χ4n) is 2.89. The molecule has 2 aromatic carbocycles. The molecule has 0 saturated carbocycles. The van der Waals surface area contributed by atoms with Crippen LogP contribution in [0.25, 0.3) is 6.08 Å². The summed E-state index contributed by atoms with van der Waals surface area (Å²) in [5.74, 6) is 2.50. The number of methoxy groups -OCH3 is 5. The van der Waals surface area contributed by atoms with Crippen molar-refractivity contribution in [2.45, 2.75) is 13.0 Å². The Bertz CT molecular complexity index is 878. The number of rotatable bonds is 9. The van der Waals surface area contributed by atoms with E-state index in [9.17, 15) is 4.79 Å². The number of benzene rings is 2. The largest absolute Gasteiger partial charge is 0.493 e. The first kappa shape index (κ1) is 21.9. The van der Waals surface area contributed by atoms with Crippen LogP contribution >= 0.6 is 0 Å². The van der Waals surface area contributed by atoms with Crippen LogP contribution in [0, 0.1) is 0 Å². The molecule has 0 aliphatic carbocycles. The zero-order valence-corrected chi connectivity index (χ0v) is 17.6. The SMILES string of the molecule is COc1ccc([C@H](C)NC(=O)/C=C/c2ccc(OC)c(OC)c2OC)cc1OC. The first-order valence-corrected chi connectivity index (χ1v) is 8.98. The molecule has 0 spiro atoms. The third-order valence-corrected chi connectivity index (χ3v) is 4.42. The maximum Gasteiger partial charge on any atom is 0.244 e. The Morgan fingerprint density at radius 2 is 1.45 bits per heavy atom. The van der Waals surface area contributed by atoms with E-state index < -0.39 is 0 Å². The maximum absolute atomic E-state index is 12.4. The first-order valence-electron chi connectivity index (χ1n) is 8.98. The highest BCUT2D eigenvalue weighted by atomic mass is 16.5. The van der Waals surface area contributed by atoms with Crippen molar-refractivity contribution in [3.8, 4) is 28.7 Å². The molecule has 7 heteroatoms. The summed E-state index contributed by atoms with van der Waals surface area (Å²) in [5.41, 5.74) is 1.59. The van der Waals surface area contributed by atoms with Gasteiger partial charge in [0.1, 0.15) is 0 Å². The molecule has 29 heavy (non-hydrogen) atoms. The van der Waals surface area contributed by atoms with E-state index in [4.69, 9.17) is 23.7 Å². The molecule has 0 bridgehead atoms. The number of amides is 1. The van der Waals surface area contributed by atoms with Gasteiger partial charge in [0.25, 0.3) is 0 Å². The van der Waals surface area contributed by atoms with Crippen molar-refractivity contribution in [1.29, 1.82) is 0 Å². The average molecular weight is 401 g/mol. The Hall–Kier alpha value is -3.35. The minimum Gasteiger partial charge on any atom is -0.493 e. The Morgan fingerprint density at radius 1 is 0.828 bits per heavy atom. The number of nitrogens with one attached hydrogen (secondary N) is 1. The number of ether oxygens (including phenoxy) is 5. The first-order chi connectivity index (χ1) is 14.0. The molecule has 1 amide bonds. The molecular formula is C22H27NO6. The summed E-state index contributed by atoms with van der Waals surface area (Å²) >= 11 is 0. The Morgan fingerprint density at radius 3 is 2.03 bits per heavy atom. The molecule has 0 heterocycles. The van der Waals surface area contributed by atoms with Crippen molar-refractivity contribution in [3.63, 3.8) is 0 Å². The number of carbonyl (C=O) groups is 1. The second-order valence-corrected chi connectivity index (χ2v) is 6.10. The number of hydrogen-bond acceptors (Lipinski definition) is 6. The van der Waals surface area contributed by atoms with Gasteiger partial charge in [0.2, 0.25) is 11.7 Å². The lowest BCUT2D eigenvalue weighted by molar-refractivity contribution is -0.117. The van der Waals surface area contributed by atoms with Gasteiger partial charge in [-0.3, -0.25) is 4.79 Å². The zero-order valence-electron chi connectivity index (χ0n) is 17.6. The molecule has 0 fully saturated rings. The van der Waals surface area contributed by atoms with Crippen LogP contribution in [0.4, 0.5) is 0 Å². The highest BCUT2D eigenvalue weighted by molar-refractivity contribution is 5.92. The summed E-state index contributed by atoms with van der Waals surface area (Å²) in [5, 5.41) is 2.92. The van der Waals surface area contributed by atoms with Crippen molar-refractivity contribution in [2.24, 2.45) is 0 Å². The Kier molecular flexibility index (Phi) is 7.77. The van der Waals surface area contributed by atoms with Crippen molar-refractivity contribution < 1.29 is 28.5 Å². The predicted molar refractivity (Wildman–Crippen MR) is 111 cm³/mol. The van der Waals surface area contributed by atoms with Crippen molar-refractivity contribution >= 4 is 12.0 Å². The van der Waals surface area contributed by atoms with Crippen LogP contribution in [-0.4, -0.2) is 41.5 Å². The van der Waals surface area contributed by atoms with E-state index in [1.54, 1.807) is 45.6 Å². The minimum atomic E-state index is -0.246. The third-order valence-electron chi connectivity index (χ3n) is 4.42. The smallest absolute Gasteiger partial charge is 0.244 e. The van der Waals surface area contributed by atoms with Gasteiger partial charge in [-0.1, -0.05) is 6.07 Å². The predicted octanol–water partition coefficient (Wildman–Crippen LogP) is 3.62. The fraction of sp³-hybridized carbons (Fsp3) is 0.318. The summed E-state index contributed by atoms with van der Waals surface area (Å²) in [6.07, 6.45) is 3.11. The molecule has 0 aromatic heterocycles. The van der Waals surface area contributed by atoms with Crippen molar-refractivity contribution in [1.82, 2.24) is 5.32 Å². The molecule has 1 atom stereocenters. The van der Waals surface area contributed by atoms with Crippen LogP contribution in [0.1, 0.15) is 24.1 Å². The van der Waals surface area contributed by atoms with Gasteiger partial charge in [0.15, 0.2) is 23.0 Å². The van der Waals surface area contributed by atoms with Crippen LogP contribution in [0.3, 0.4) is 0 Å². The molecule has 0 aliphatic rings. The summed E-state index contributed by atoms with van der Waals surface area (Å²) in [4.78, 5) is 12.4. The molecular weight excluding hydrogens is 374 g/mol. The van der Waals surface area contributed by atoms with E-state index in [2.05, 4.69) is 5.32 Å². The summed E-state index contributed by atoms with van der Waals surface area (Å²) in [7, 11) is 7.77. The highest BCUT2D eigenvalue weighted by Gasteiger charge is 2.15. The molecule has 156 valence electrons. The van der Waals surface area contributed by atoms with E-state index in [-0.39, 0.29) is 11.9 Å². The lowest BCUT2D eigenvalue weighted by atomic mass is 10.1. The quantitative estimate of drug-likeness (QED) is 0.647. The minimum absolute atomic E-state index is 0.223. The van der Waals surface area contributed by atoms with Gasteiger partial charge in [-0.25, -0.2) is 0 Å². The van der Waals surface area contributed by atoms with Crippen LogP contribution < -0.4 is 29.0 Å². The van der Waals surface area contributed by atoms with Gasteiger partial charge < -0.3 is 29.0 Å². The second-order valence-electron chi connectivity index (χ2n) is 6.10. The normalized spacial score (nSPS) is 11.7. The highest BCUT2D eigenvalue weighted by Crippen LogP contribution is 2.40. The van der Waals surface area contributed by atoms with E-state index in [1.807, 2.05) is 19.1 Å². The molecule has 7 nitrogen and oxygen atoms in total. The van der Waals surface area contributed by atoms with Crippen LogP contribution in [0.2, 0.25) is 0 Å². The molecule has 1 N–H and O–H groups in total. The van der Waals surface area contributed by atoms with Gasteiger partial charge in [-0.2, -0.15) is 0 Å². The van der Waals surface area contributed by atoms with Crippen LogP contribution in [-0.2, 0) is 4.79 Å². The summed E-state index contributed by atoms with van der Waals surface area (Å²) < 4.78 is 26.6. The molecule has 2 rings (SSSR count). The van der Waals surface area contributed by atoms with Crippen LogP contribution in [0.15, 0.2) is 36.4 Å². The molecule has 0 saturated heterocycles. The van der Waals surface area contributed by atoms with Crippen molar-refractivity contribution in [3.05, 3.63) is 47.5 Å². The molecule has 0 unspecified atom stereocenters.